The predicted octanol–water partition coefficient (Wildman–Crippen LogP) is -2.84. The molecule has 0 radical (unpaired) electrons. The lowest BCUT2D eigenvalue weighted by atomic mass is 11.0. The second kappa shape index (κ2) is 18.1. The van der Waals surface area contributed by atoms with Crippen LogP contribution in [0.25, 0.3) is 0 Å². The van der Waals surface area contributed by atoms with E-state index in [-0.39, 0.29) is 10.5 Å². The SMILES string of the molecule is CN(C)C.CN(C)C.CN(C)C.O[Si](O)(O)OO[SiH3]. The highest BCUT2D eigenvalue weighted by atomic mass is 28.4. The van der Waals surface area contributed by atoms with Gasteiger partial charge in [0.05, 0.1) is 0 Å². The fraction of sp³-hybridized carbons (Fsp3) is 1.00. The van der Waals surface area contributed by atoms with Crippen molar-refractivity contribution in [2.75, 3.05) is 63.4 Å². The molecule has 0 aromatic rings. The van der Waals surface area contributed by atoms with Crippen LogP contribution < -0.4 is 0 Å². The predicted molar refractivity (Wildman–Crippen MR) is 83.4 cm³/mol. The summed E-state index contributed by atoms with van der Waals surface area (Å²) in [7, 11) is 13.9. The summed E-state index contributed by atoms with van der Waals surface area (Å²) in [5.74, 6) is 0. The first-order valence-corrected chi connectivity index (χ1v) is 8.04. The van der Waals surface area contributed by atoms with Gasteiger partial charge in [0, 0.05) is 0 Å². The molecule has 0 fully saturated rings. The number of rotatable bonds is 2. The van der Waals surface area contributed by atoms with Gasteiger partial charge in [-0.3, -0.25) is 0 Å². The highest BCUT2D eigenvalue weighted by Gasteiger charge is 2.31. The Balaban J connectivity index is -0.0000000825. The van der Waals surface area contributed by atoms with Crippen LogP contribution in [0.1, 0.15) is 0 Å². The minimum atomic E-state index is -4.34. The van der Waals surface area contributed by atoms with E-state index in [1.165, 1.54) is 0 Å². The van der Waals surface area contributed by atoms with E-state index in [9.17, 15) is 0 Å². The third kappa shape index (κ3) is 278. The summed E-state index contributed by atoms with van der Waals surface area (Å²) in [6.45, 7) is 0. The Hall–Kier alpha value is 0.114. The topological polar surface area (TPSA) is 88.9 Å². The first-order valence-electron chi connectivity index (χ1n) is 5.47. The summed E-state index contributed by atoms with van der Waals surface area (Å²) in [5, 5.41) is 0. The fourth-order valence-corrected chi connectivity index (χ4v) is 1.01. The van der Waals surface area contributed by atoms with Crippen molar-refractivity contribution in [3.05, 3.63) is 0 Å². The van der Waals surface area contributed by atoms with Gasteiger partial charge in [0.25, 0.3) is 0 Å². The van der Waals surface area contributed by atoms with Crippen LogP contribution in [-0.4, -0.2) is 112 Å². The van der Waals surface area contributed by atoms with E-state index in [0.717, 1.165) is 0 Å². The van der Waals surface area contributed by atoms with E-state index < -0.39 is 9.05 Å². The average Bonchev–Trinajstić information content (AvgIpc) is 1.96. The average molecular weight is 320 g/mol. The zero-order valence-electron chi connectivity index (χ0n) is 14.0. The van der Waals surface area contributed by atoms with Crippen LogP contribution in [0.2, 0.25) is 0 Å². The van der Waals surface area contributed by atoms with E-state index in [1.807, 2.05) is 78.1 Å². The van der Waals surface area contributed by atoms with Crippen molar-refractivity contribution in [2.45, 2.75) is 0 Å². The summed E-state index contributed by atoms with van der Waals surface area (Å²) in [6.07, 6.45) is 0. The molecule has 0 aliphatic carbocycles. The van der Waals surface area contributed by atoms with Crippen LogP contribution in [0.4, 0.5) is 0 Å². The van der Waals surface area contributed by atoms with Gasteiger partial charge in [-0.1, -0.05) is 0 Å². The van der Waals surface area contributed by atoms with Crippen LogP contribution in [0.15, 0.2) is 0 Å². The molecule has 0 aliphatic heterocycles. The molecule has 10 heteroatoms. The summed E-state index contributed by atoms with van der Waals surface area (Å²) < 4.78 is 7.45. The van der Waals surface area contributed by atoms with Crippen molar-refractivity contribution in [1.82, 2.24) is 14.7 Å². The Morgan fingerprint density at radius 3 is 0.842 bits per heavy atom. The largest absolute Gasteiger partial charge is 0.698 e. The zero-order valence-corrected chi connectivity index (χ0v) is 17.0. The summed E-state index contributed by atoms with van der Waals surface area (Å²) in [6, 6.07) is 0. The highest BCUT2D eigenvalue weighted by Crippen LogP contribution is 1.85. The van der Waals surface area contributed by atoms with Crippen LogP contribution in [0.3, 0.4) is 0 Å². The lowest BCUT2D eigenvalue weighted by Gasteiger charge is -2.04. The second-order valence-corrected chi connectivity index (χ2v) is 6.50. The molecule has 0 saturated carbocycles. The molecule has 0 aromatic heterocycles. The van der Waals surface area contributed by atoms with Crippen molar-refractivity contribution in [3.63, 3.8) is 0 Å². The molecule has 122 valence electrons. The van der Waals surface area contributed by atoms with Crippen LogP contribution in [-0.2, 0) is 9.15 Å². The Labute approximate surface area is 122 Å². The van der Waals surface area contributed by atoms with Crippen molar-refractivity contribution in [2.24, 2.45) is 0 Å². The molecule has 3 N–H and O–H groups in total. The maximum absolute atomic E-state index is 7.94. The number of hydrogen-bond acceptors (Lipinski definition) is 8. The quantitative estimate of drug-likeness (QED) is 0.285. The molecule has 0 aromatic carbocycles. The minimum Gasteiger partial charge on any atom is -0.366 e. The van der Waals surface area contributed by atoms with Gasteiger partial charge in [-0.2, -0.15) is 0 Å². The molecule has 0 unspecified atom stereocenters. The maximum Gasteiger partial charge on any atom is 0.698 e. The number of hydrogen-bond donors (Lipinski definition) is 3. The third-order valence-electron chi connectivity index (χ3n) is 0.195. The molecule has 0 spiro atoms. The van der Waals surface area contributed by atoms with Gasteiger partial charge >= 0.3 is 9.05 Å². The molecular weight excluding hydrogens is 286 g/mol. The first-order chi connectivity index (χ1) is 8.26. The molecule has 8 nitrogen and oxygen atoms in total. The Kier molecular flexibility index (Phi) is 26.2. The monoisotopic (exact) mass is 319 g/mol. The minimum absolute atomic E-state index is 0.202. The molecule has 0 atom stereocenters. The molecule has 0 aliphatic rings. The van der Waals surface area contributed by atoms with Crippen molar-refractivity contribution >= 4 is 19.5 Å². The van der Waals surface area contributed by atoms with Crippen molar-refractivity contribution < 1.29 is 23.5 Å². The third-order valence-corrected chi connectivity index (χ3v) is 1.09. The van der Waals surface area contributed by atoms with Gasteiger partial charge in [-0.05, 0) is 63.4 Å². The standard InChI is InChI=1S/3C3H9N.H6O5Si2/c3*1-4(2)3;1-7(2,3)5-4-6/h3*1-3H3;1-3H,6H3. The van der Waals surface area contributed by atoms with Gasteiger partial charge in [0.2, 0.25) is 0 Å². The Morgan fingerprint density at radius 2 is 0.842 bits per heavy atom. The van der Waals surface area contributed by atoms with Gasteiger partial charge in [0.15, 0.2) is 10.5 Å². The summed E-state index contributed by atoms with van der Waals surface area (Å²) >= 11 is 0. The van der Waals surface area contributed by atoms with Crippen LogP contribution in [0, 0.1) is 0 Å². The maximum atomic E-state index is 7.94. The highest BCUT2D eigenvalue weighted by molar-refractivity contribution is 6.48. The van der Waals surface area contributed by atoms with Gasteiger partial charge in [-0.15, -0.1) is 0 Å². The number of nitrogens with zero attached hydrogens (tertiary/aromatic N) is 3. The van der Waals surface area contributed by atoms with E-state index in [0.29, 0.717) is 0 Å². The smallest absolute Gasteiger partial charge is 0.366 e. The van der Waals surface area contributed by atoms with E-state index >= 15 is 0 Å². The van der Waals surface area contributed by atoms with Crippen molar-refractivity contribution in [1.29, 1.82) is 0 Å². The molecule has 19 heavy (non-hydrogen) atoms. The zero-order chi connectivity index (χ0) is 16.6. The molecule has 0 heterocycles. The van der Waals surface area contributed by atoms with Crippen molar-refractivity contribution in [3.8, 4) is 0 Å². The molecule has 0 rings (SSSR count). The Morgan fingerprint density at radius 1 is 0.684 bits per heavy atom. The molecular formula is C9H33N3O5Si2. The summed E-state index contributed by atoms with van der Waals surface area (Å²) in [4.78, 5) is 29.8. The molecule has 0 bridgehead atoms. The van der Waals surface area contributed by atoms with Gasteiger partial charge in [0.1, 0.15) is 0 Å². The molecule has 0 amide bonds. The fourth-order valence-electron chi connectivity index (χ4n) is 0.112. The summed E-state index contributed by atoms with van der Waals surface area (Å²) in [5.41, 5.74) is 0. The van der Waals surface area contributed by atoms with Gasteiger partial charge in [-0.25, -0.2) is 4.58 Å². The van der Waals surface area contributed by atoms with E-state index in [2.05, 4.69) is 9.15 Å². The van der Waals surface area contributed by atoms with Crippen LogP contribution >= 0.6 is 0 Å². The first kappa shape index (κ1) is 27.5. The lowest BCUT2D eigenvalue weighted by Crippen LogP contribution is -2.38. The normalized spacial score (nSPS) is 10.3. The Bertz CT molecular complexity index is 135. The van der Waals surface area contributed by atoms with Gasteiger partial charge < -0.3 is 33.7 Å². The van der Waals surface area contributed by atoms with E-state index in [4.69, 9.17) is 14.4 Å². The molecule has 0 saturated heterocycles. The van der Waals surface area contributed by atoms with Crippen LogP contribution in [0.5, 0.6) is 0 Å². The van der Waals surface area contributed by atoms with E-state index in [1.54, 1.807) is 0 Å². The lowest BCUT2D eigenvalue weighted by molar-refractivity contribution is -0.173. The second-order valence-electron chi connectivity index (χ2n) is 4.85.